The van der Waals surface area contributed by atoms with E-state index in [4.69, 9.17) is 0 Å². The molecule has 1 heterocycles. The Morgan fingerprint density at radius 3 is 2.57 bits per heavy atom. The predicted molar refractivity (Wildman–Crippen MR) is 52.2 cm³/mol. The highest BCUT2D eigenvalue weighted by molar-refractivity contribution is 9.10. The van der Waals surface area contributed by atoms with Crippen molar-refractivity contribution in [2.75, 3.05) is 0 Å². The van der Waals surface area contributed by atoms with Gasteiger partial charge in [0.1, 0.15) is 5.52 Å². The van der Waals surface area contributed by atoms with E-state index in [1.54, 1.807) is 0 Å². The molecule has 2 rings (SSSR count). The third-order valence-corrected chi connectivity index (χ3v) is 2.41. The highest BCUT2D eigenvalue weighted by Gasteiger charge is 2.10. The van der Waals surface area contributed by atoms with Gasteiger partial charge in [-0.05, 0) is 28.1 Å². The summed E-state index contributed by atoms with van der Waals surface area (Å²) in [5.74, 6) is 0. The second-order valence-corrected chi connectivity index (χ2v) is 3.58. The number of hydrogen-bond donors (Lipinski definition) is 0. The van der Waals surface area contributed by atoms with Crippen LogP contribution in [-0.2, 0) is 0 Å². The van der Waals surface area contributed by atoms with Crippen molar-refractivity contribution < 1.29 is 8.78 Å². The molecule has 0 aliphatic carbocycles. The maximum absolute atomic E-state index is 12.4. The molecule has 0 N–H and O–H groups in total. The molecule has 72 valence electrons. The van der Waals surface area contributed by atoms with Crippen LogP contribution in [0.4, 0.5) is 8.78 Å². The second-order valence-electron chi connectivity index (χ2n) is 2.73. The van der Waals surface area contributed by atoms with Gasteiger partial charge in [0.25, 0.3) is 6.43 Å². The van der Waals surface area contributed by atoms with Crippen LogP contribution in [0.3, 0.4) is 0 Å². The molecule has 0 spiro atoms. The summed E-state index contributed by atoms with van der Waals surface area (Å²) in [6, 6.07) is 2.71. The molecule has 0 saturated heterocycles. The molecule has 14 heavy (non-hydrogen) atoms. The van der Waals surface area contributed by atoms with E-state index in [1.165, 1.54) is 24.5 Å². The van der Waals surface area contributed by atoms with E-state index in [0.717, 1.165) is 0 Å². The lowest BCUT2D eigenvalue weighted by atomic mass is 10.2. The summed E-state index contributed by atoms with van der Waals surface area (Å²) >= 11 is 3.18. The molecule has 1 aromatic carbocycles. The van der Waals surface area contributed by atoms with E-state index in [2.05, 4.69) is 25.9 Å². The van der Waals surface area contributed by atoms with Gasteiger partial charge in [0.2, 0.25) is 0 Å². The molecule has 1 aromatic heterocycles. The first kappa shape index (κ1) is 9.45. The number of rotatable bonds is 1. The van der Waals surface area contributed by atoms with E-state index < -0.39 is 6.43 Å². The van der Waals surface area contributed by atoms with Gasteiger partial charge in [-0.2, -0.15) is 0 Å². The molecular formula is C9H5BrF2N2. The first-order valence-corrected chi connectivity index (χ1v) is 4.66. The van der Waals surface area contributed by atoms with Gasteiger partial charge in [0, 0.05) is 22.4 Å². The Kier molecular flexibility index (Phi) is 2.41. The van der Waals surface area contributed by atoms with Crippen molar-refractivity contribution in [2.45, 2.75) is 6.43 Å². The molecule has 0 fully saturated rings. The Hall–Kier alpha value is -1.10. The minimum atomic E-state index is -2.49. The van der Waals surface area contributed by atoms with Crippen LogP contribution < -0.4 is 0 Å². The van der Waals surface area contributed by atoms with Gasteiger partial charge in [0.05, 0.1) is 5.52 Å². The van der Waals surface area contributed by atoms with Crippen molar-refractivity contribution in [1.29, 1.82) is 0 Å². The van der Waals surface area contributed by atoms with Crippen molar-refractivity contribution in [3.63, 3.8) is 0 Å². The monoisotopic (exact) mass is 258 g/mol. The molecule has 0 saturated carbocycles. The molecule has 0 aliphatic rings. The number of halogens is 3. The summed E-state index contributed by atoms with van der Waals surface area (Å²) in [5, 5.41) is 0. The van der Waals surface area contributed by atoms with E-state index in [-0.39, 0.29) is 5.56 Å². The molecule has 0 aliphatic heterocycles. The summed E-state index contributed by atoms with van der Waals surface area (Å²) in [5.41, 5.74) is 1.01. The molecule has 0 amide bonds. The topological polar surface area (TPSA) is 25.8 Å². The molecule has 5 heteroatoms. The average molecular weight is 259 g/mol. The molecule has 0 radical (unpaired) electrons. The van der Waals surface area contributed by atoms with E-state index in [9.17, 15) is 8.78 Å². The van der Waals surface area contributed by atoms with Crippen molar-refractivity contribution in [3.05, 3.63) is 34.6 Å². The van der Waals surface area contributed by atoms with Crippen LogP contribution in [-0.4, -0.2) is 9.97 Å². The van der Waals surface area contributed by atoms with Gasteiger partial charge in [-0.25, -0.2) is 8.78 Å². The summed E-state index contributed by atoms with van der Waals surface area (Å²) in [7, 11) is 0. The third-order valence-electron chi connectivity index (χ3n) is 1.80. The number of alkyl halides is 2. The number of fused-ring (bicyclic) bond motifs is 1. The van der Waals surface area contributed by atoms with Gasteiger partial charge < -0.3 is 0 Å². The number of nitrogens with zero attached hydrogens (tertiary/aromatic N) is 2. The van der Waals surface area contributed by atoms with Crippen LogP contribution in [0.2, 0.25) is 0 Å². The summed E-state index contributed by atoms with van der Waals surface area (Å²) in [6.07, 6.45) is 0.511. The first-order valence-electron chi connectivity index (χ1n) is 3.87. The van der Waals surface area contributed by atoms with Gasteiger partial charge in [-0.15, -0.1) is 0 Å². The zero-order valence-electron chi connectivity index (χ0n) is 6.92. The number of hydrogen-bond acceptors (Lipinski definition) is 2. The minimum Gasteiger partial charge on any atom is -0.253 e. The highest BCUT2D eigenvalue weighted by Crippen LogP contribution is 2.27. The average Bonchev–Trinajstić information content (AvgIpc) is 2.17. The van der Waals surface area contributed by atoms with Crippen LogP contribution in [0.5, 0.6) is 0 Å². The zero-order valence-corrected chi connectivity index (χ0v) is 8.50. The van der Waals surface area contributed by atoms with Crippen LogP contribution >= 0.6 is 15.9 Å². The molecule has 2 aromatic rings. The van der Waals surface area contributed by atoms with Crippen LogP contribution in [0.1, 0.15) is 12.0 Å². The molecule has 0 unspecified atom stereocenters. The van der Waals surface area contributed by atoms with Crippen molar-refractivity contribution >= 4 is 27.0 Å². The fourth-order valence-corrected chi connectivity index (χ4v) is 1.75. The molecule has 2 nitrogen and oxygen atoms in total. The number of aromatic nitrogens is 2. The fourth-order valence-electron chi connectivity index (χ4n) is 1.18. The maximum Gasteiger partial charge on any atom is 0.263 e. The second kappa shape index (κ2) is 3.57. The smallest absolute Gasteiger partial charge is 0.253 e. The maximum atomic E-state index is 12.4. The lowest BCUT2D eigenvalue weighted by Gasteiger charge is -2.03. The Bertz CT molecular complexity index is 473. The minimum absolute atomic E-state index is 0.0510. The Morgan fingerprint density at radius 1 is 1.14 bits per heavy atom. The third kappa shape index (κ3) is 1.59. The predicted octanol–water partition coefficient (Wildman–Crippen LogP) is 3.33. The van der Waals surface area contributed by atoms with Crippen LogP contribution in [0.25, 0.3) is 11.0 Å². The zero-order chi connectivity index (χ0) is 10.1. The highest BCUT2D eigenvalue weighted by atomic mass is 79.9. The van der Waals surface area contributed by atoms with Gasteiger partial charge >= 0.3 is 0 Å². The van der Waals surface area contributed by atoms with Crippen molar-refractivity contribution in [1.82, 2.24) is 9.97 Å². The van der Waals surface area contributed by atoms with Gasteiger partial charge in [0.15, 0.2) is 0 Å². The van der Waals surface area contributed by atoms with Crippen LogP contribution in [0, 0.1) is 0 Å². The quantitative estimate of drug-likeness (QED) is 0.784. The molecular weight excluding hydrogens is 254 g/mol. The summed E-state index contributed by atoms with van der Waals surface area (Å²) in [4.78, 5) is 7.99. The van der Waals surface area contributed by atoms with E-state index >= 15 is 0 Å². The van der Waals surface area contributed by atoms with E-state index in [0.29, 0.717) is 15.5 Å². The SMILES string of the molecule is FC(F)c1cc(Br)c2nccnc2c1. The Labute approximate surface area is 87.1 Å². The standard InChI is InChI=1S/C9H5BrF2N2/c10-6-3-5(9(11)12)4-7-8(6)14-2-1-13-7/h1-4,9H. The first-order chi connectivity index (χ1) is 6.68. The largest absolute Gasteiger partial charge is 0.263 e. The van der Waals surface area contributed by atoms with Gasteiger partial charge in [-0.1, -0.05) is 0 Å². The normalized spacial score (nSPS) is 11.1. The Balaban J connectivity index is 2.72. The van der Waals surface area contributed by atoms with Gasteiger partial charge in [-0.3, -0.25) is 9.97 Å². The summed E-state index contributed by atoms with van der Waals surface area (Å²) < 4.78 is 25.4. The Morgan fingerprint density at radius 2 is 1.86 bits per heavy atom. The summed E-state index contributed by atoms with van der Waals surface area (Å²) in [6.45, 7) is 0. The van der Waals surface area contributed by atoms with Crippen molar-refractivity contribution in [3.8, 4) is 0 Å². The lowest BCUT2D eigenvalue weighted by Crippen LogP contribution is -1.89. The van der Waals surface area contributed by atoms with Crippen molar-refractivity contribution in [2.24, 2.45) is 0 Å². The molecule has 0 atom stereocenters. The fraction of sp³-hybridized carbons (Fsp3) is 0.111. The lowest BCUT2D eigenvalue weighted by molar-refractivity contribution is 0.151. The molecule has 0 bridgehead atoms. The van der Waals surface area contributed by atoms with Crippen LogP contribution in [0.15, 0.2) is 29.0 Å². The van der Waals surface area contributed by atoms with E-state index in [1.807, 2.05) is 0 Å². The number of benzene rings is 1.